The van der Waals surface area contributed by atoms with E-state index in [9.17, 15) is 4.79 Å². The number of pyridine rings is 1. The number of aromatic nitrogens is 3. The van der Waals surface area contributed by atoms with E-state index >= 15 is 0 Å². The summed E-state index contributed by atoms with van der Waals surface area (Å²) >= 11 is 0. The molecule has 0 spiro atoms. The molecule has 160 valence electrons. The van der Waals surface area contributed by atoms with Crippen molar-refractivity contribution in [1.82, 2.24) is 20.1 Å². The second-order valence-electron chi connectivity index (χ2n) is 8.37. The number of amides is 1. The quantitative estimate of drug-likeness (QED) is 0.652. The zero-order chi connectivity index (χ0) is 21.2. The Balaban J connectivity index is 1.41. The number of hydrogen-bond donors (Lipinski definition) is 0. The predicted molar refractivity (Wildman–Crippen MR) is 120 cm³/mol. The van der Waals surface area contributed by atoms with Crippen molar-refractivity contribution in [2.45, 2.75) is 25.8 Å². The van der Waals surface area contributed by atoms with Gasteiger partial charge in [-0.3, -0.25) is 9.78 Å². The van der Waals surface area contributed by atoms with Crippen LogP contribution in [-0.4, -0.2) is 64.9 Å². The third-order valence-electron chi connectivity index (χ3n) is 6.39. The molecule has 1 atom stereocenters. The van der Waals surface area contributed by atoms with Gasteiger partial charge in [0.05, 0.1) is 0 Å². The summed E-state index contributed by atoms with van der Waals surface area (Å²) in [6.45, 7) is 5.66. The number of rotatable bonds is 3. The van der Waals surface area contributed by atoms with Crippen LogP contribution < -0.4 is 4.90 Å². The Hall–Kier alpha value is -3.06. The van der Waals surface area contributed by atoms with Gasteiger partial charge in [0.1, 0.15) is 5.69 Å². The number of anilines is 1. The second-order valence-corrected chi connectivity index (χ2v) is 8.37. The number of hydrogen-bond acceptors (Lipinski definition) is 6. The lowest BCUT2D eigenvalue weighted by Gasteiger charge is -2.42. The summed E-state index contributed by atoms with van der Waals surface area (Å²) in [5, 5.41) is 11.3. The van der Waals surface area contributed by atoms with Crippen LogP contribution in [0.2, 0.25) is 0 Å². The Kier molecular flexibility index (Phi) is 5.51. The number of nitrogens with zero attached hydrogens (tertiary/aromatic N) is 5. The third kappa shape index (κ3) is 3.85. The minimum Gasteiger partial charge on any atom is -0.381 e. The Labute approximate surface area is 182 Å². The lowest BCUT2D eigenvalue weighted by molar-refractivity contribution is -0.139. The van der Waals surface area contributed by atoms with Crippen LogP contribution in [0.25, 0.3) is 22.0 Å². The van der Waals surface area contributed by atoms with E-state index in [1.165, 1.54) is 0 Å². The molecule has 2 aliphatic rings. The molecule has 5 rings (SSSR count). The minimum atomic E-state index is 0.0995. The van der Waals surface area contributed by atoms with Gasteiger partial charge in [-0.05, 0) is 25.8 Å². The molecule has 0 aliphatic carbocycles. The second kappa shape index (κ2) is 8.59. The lowest BCUT2D eigenvalue weighted by atomic mass is 9.97. The highest BCUT2D eigenvalue weighted by Crippen LogP contribution is 2.32. The van der Waals surface area contributed by atoms with Crippen LogP contribution in [0, 0.1) is 5.92 Å². The van der Waals surface area contributed by atoms with Crippen molar-refractivity contribution in [3.63, 3.8) is 0 Å². The van der Waals surface area contributed by atoms with Gasteiger partial charge in [-0.1, -0.05) is 30.3 Å². The fourth-order valence-electron chi connectivity index (χ4n) is 4.68. The minimum absolute atomic E-state index is 0.0995. The molecule has 31 heavy (non-hydrogen) atoms. The number of carbonyl (C=O) groups is 1. The van der Waals surface area contributed by atoms with Crippen molar-refractivity contribution in [3.8, 4) is 11.3 Å². The van der Waals surface area contributed by atoms with E-state index in [0.717, 1.165) is 47.2 Å². The maximum absolute atomic E-state index is 13.0. The van der Waals surface area contributed by atoms with E-state index < -0.39 is 0 Å². The van der Waals surface area contributed by atoms with Crippen LogP contribution >= 0.6 is 0 Å². The Morgan fingerprint density at radius 3 is 2.61 bits per heavy atom. The van der Waals surface area contributed by atoms with Crippen molar-refractivity contribution < 1.29 is 9.53 Å². The molecular formula is C24H27N5O2. The van der Waals surface area contributed by atoms with E-state index in [4.69, 9.17) is 4.74 Å². The molecule has 2 aliphatic heterocycles. The fraction of sp³-hybridized carbons (Fsp3) is 0.417. The van der Waals surface area contributed by atoms with Crippen LogP contribution in [0.15, 0.2) is 48.8 Å². The van der Waals surface area contributed by atoms with E-state index in [2.05, 4.69) is 27.0 Å². The van der Waals surface area contributed by atoms with Gasteiger partial charge in [-0.2, -0.15) is 0 Å². The van der Waals surface area contributed by atoms with Crippen LogP contribution in [0.3, 0.4) is 0 Å². The van der Waals surface area contributed by atoms with E-state index in [1.807, 2.05) is 47.5 Å². The molecule has 2 saturated heterocycles. The molecule has 1 aromatic carbocycles. The van der Waals surface area contributed by atoms with Crippen LogP contribution in [0.1, 0.15) is 19.8 Å². The maximum atomic E-state index is 13.0. The first-order valence-corrected chi connectivity index (χ1v) is 11.0. The lowest BCUT2D eigenvalue weighted by Crippen LogP contribution is -2.55. The van der Waals surface area contributed by atoms with Crippen molar-refractivity contribution in [1.29, 1.82) is 0 Å². The Bertz CT molecular complexity index is 1070. The van der Waals surface area contributed by atoms with Crippen molar-refractivity contribution in [3.05, 3.63) is 48.8 Å². The maximum Gasteiger partial charge on any atom is 0.225 e. The molecule has 0 radical (unpaired) electrons. The van der Waals surface area contributed by atoms with Gasteiger partial charge in [0, 0.05) is 73.5 Å². The van der Waals surface area contributed by atoms with E-state index in [-0.39, 0.29) is 17.9 Å². The van der Waals surface area contributed by atoms with Gasteiger partial charge in [-0.15, -0.1) is 10.2 Å². The van der Waals surface area contributed by atoms with E-state index in [0.29, 0.717) is 26.3 Å². The van der Waals surface area contributed by atoms with E-state index in [1.54, 1.807) is 6.20 Å². The summed E-state index contributed by atoms with van der Waals surface area (Å²) in [6.07, 6.45) is 5.33. The number of piperazine rings is 1. The van der Waals surface area contributed by atoms with Crippen molar-refractivity contribution in [2.75, 3.05) is 37.7 Å². The molecule has 2 fully saturated rings. The Morgan fingerprint density at radius 1 is 1.03 bits per heavy atom. The predicted octanol–water partition coefficient (Wildman–Crippen LogP) is 3.16. The first-order valence-electron chi connectivity index (χ1n) is 11.0. The summed E-state index contributed by atoms with van der Waals surface area (Å²) in [4.78, 5) is 21.6. The number of fused-ring (bicyclic) bond motifs is 1. The number of carbonyl (C=O) groups excluding carboxylic acids is 1. The topological polar surface area (TPSA) is 71.5 Å². The van der Waals surface area contributed by atoms with Crippen LogP contribution in [-0.2, 0) is 9.53 Å². The molecule has 1 unspecified atom stereocenters. The fourth-order valence-corrected chi connectivity index (χ4v) is 4.68. The van der Waals surface area contributed by atoms with Crippen molar-refractivity contribution >= 4 is 22.5 Å². The highest BCUT2D eigenvalue weighted by molar-refractivity contribution is 5.99. The monoisotopic (exact) mass is 417 g/mol. The van der Waals surface area contributed by atoms with Gasteiger partial charge in [0.25, 0.3) is 0 Å². The molecule has 0 N–H and O–H groups in total. The first-order chi connectivity index (χ1) is 15.2. The van der Waals surface area contributed by atoms with Gasteiger partial charge in [0.2, 0.25) is 5.91 Å². The summed E-state index contributed by atoms with van der Waals surface area (Å²) in [5.74, 6) is 1.21. The summed E-state index contributed by atoms with van der Waals surface area (Å²) < 4.78 is 5.42. The smallest absolute Gasteiger partial charge is 0.225 e. The molecule has 0 saturated carbocycles. The molecule has 1 amide bonds. The van der Waals surface area contributed by atoms with Gasteiger partial charge in [0.15, 0.2) is 5.82 Å². The Morgan fingerprint density at radius 2 is 1.84 bits per heavy atom. The van der Waals surface area contributed by atoms with Crippen LogP contribution in [0.5, 0.6) is 0 Å². The van der Waals surface area contributed by atoms with Crippen molar-refractivity contribution in [2.24, 2.45) is 5.92 Å². The average molecular weight is 418 g/mol. The summed E-state index contributed by atoms with van der Waals surface area (Å²) in [7, 11) is 0. The van der Waals surface area contributed by atoms with Gasteiger partial charge in [-0.25, -0.2) is 0 Å². The first kappa shape index (κ1) is 19.9. The molecule has 7 heteroatoms. The molecule has 7 nitrogen and oxygen atoms in total. The average Bonchev–Trinajstić information content (AvgIpc) is 2.84. The SMILES string of the molecule is CC1CN(C(=O)C2CCOCC2)CCN1c1nnc(-c2ccccc2)c2ccncc12. The standard InChI is InChI=1S/C24H27N5O2/c1-17-16-28(24(30)19-8-13-31-14-9-19)11-12-29(17)23-21-15-25-10-7-20(21)22(26-27-23)18-5-3-2-4-6-18/h2-7,10,15,17,19H,8-9,11-14,16H2,1H3. The number of ether oxygens (including phenoxy) is 1. The van der Waals surface area contributed by atoms with Crippen LogP contribution in [0.4, 0.5) is 5.82 Å². The molecule has 4 heterocycles. The zero-order valence-corrected chi connectivity index (χ0v) is 17.8. The normalized spacial score (nSPS) is 20.2. The van der Waals surface area contributed by atoms with Gasteiger partial charge >= 0.3 is 0 Å². The molecule has 0 bridgehead atoms. The molecule has 3 aromatic rings. The summed E-state index contributed by atoms with van der Waals surface area (Å²) in [5.41, 5.74) is 1.90. The highest BCUT2D eigenvalue weighted by atomic mass is 16.5. The summed E-state index contributed by atoms with van der Waals surface area (Å²) in [6, 6.07) is 12.3. The molecule has 2 aromatic heterocycles. The number of benzene rings is 1. The van der Waals surface area contributed by atoms with Gasteiger partial charge < -0.3 is 14.5 Å². The highest BCUT2D eigenvalue weighted by Gasteiger charge is 2.33. The largest absolute Gasteiger partial charge is 0.381 e. The zero-order valence-electron chi connectivity index (χ0n) is 17.8. The molecular weight excluding hydrogens is 390 g/mol. The third-order valence-corrected chi connectivity index (χ3v) is 6.39.